The van der Waals surface area contributed by atoms with Crippen LogP contribution in [0.2, 0.25) is 5.15 Å². The van der Waals surface area contributed by atoms with Crippen molar-refractivity contribution in [1.29, 1.82) is 0 Å². The predicted octanol–water partition coefficient (Wildman–Crippen LogP) is 6.99. The van der Waals surface area contributed by atoms with Crippen molar-refractivity contribution in [2.75, 3.05) is 7.05 Å². The van der Waals surface area contributed by atoms with Crippen LogP contribution in [0, 0.1) is 11.7 Å². The van der Waals surface area contributed by atoms with Crippen molar-refractivity contribution in [3.8, 4) is 11.3 Å². The molecule has 1 fully saturated rings. The van der Waals surface area contributed by atoms with Gasteiger partial charge in [-0.2, -0.15) is 0 Å². The Kier molecular flexibility index (Phi) is 8.01. The number of aliphatic imine (C=N–C) groups is 1. The van der Waals surface area contributed by atoms with Crippen LogP contribution in [-0.4, -0.2) is 34.6 Å². The fraction of sp³-hybridized carbons (Fsp3) is 0.393. The highest BCUT2D eigenvalue weighted by Crippen LogP contribution is 2.36. The molecule has 2 heterocycles. The van der Waals surface area contributed by atoms with E-state index in [9.17, 15) is 4.79 Å². The van der Waals surface area contributed by atoms with Crippen molar-refractivity contribution in [2.24, 2.45) is 10.9 Å². The average molecular weight is 495 g/mol. The van der Waals surface area contributed by atoms with Crippen LogP contribution in [0.1, 0.15) is 68.3 Å². The lowest BCUT2D eigenvalue weighted by Crippen LogP contribution is -2.37. The standard InChI is InChI=1S/C28H32ClFN4O/c1-4-5-7-20(17-31-3)22-8-6-9-23(30)25(22)26-27(29)34-15-14-19(16-24(34)33-26)28(35)32-21-12-10-18(2)11-13-21/h6-9,14-18,21H,4-5,10-13H2,1-3H3,(H,32,35)/b20-7+,31-17?. The van der Waals surface area contributed by atoms with E-state index in [-0.39, 0.29) is 11.9 Å². The number of halogens is 2. The second kappa shape index (κ2) is 11.2. The van der Waals surface area contributed by atoms with Gasteiger partial charge < -0.3 is 5.32 Å². The zero-order valence-corrected chi connectivity index (χ0v) is 21.3. The molecule has 1 aliphatic carbocycles. The molecule has 5 nitrogen and oxygen atoms in total. The third-order valence-electron chi connectivity index (χ3n) is 6.66. The summed E-state index contributed by atoms with van der Waals surface area (Å²) >= 11 is 6.70. The Morgan fingerprint density at radius 1 is 1.29 bits per heavy atom. The first-order valence-corrected chi connectivity index (χ1v) is 12.7. The number of nitrogens with one attached hydrogen (secondary N) is 1. The van der Waals surface area contributed by atoms with E-state index >= 15 is 4.39 Å². The molecule has 35 heavy (non-hydrogen) atoms. The molecule has 0 atom stereocenters. The van der Waals surface area contributed by atoms with Gasteiger partial charge >= 0.3 is 0 Å². The van der Waals surface area contributed by atoms with Crippen LogP contribution in [0.5, 0.6) is 0 Å². The summed E-state index contributed by atoms with van der Waals surface area (Å²) in [6.07, 6.45) is 11.6. The molecule has 0 saturated heterocycles. The summed E-state index contributed by atoms with van der Waals surface area (Å²) < 4.78 is 16.9. The minimum Gasteiger partial charge on any atom is -0.349 e. The average Bonchev–Trinajstić information content (AvgIpc) is 3.18. The summed E-state index contributed by atoms with van der Waals surface area (Å²) in [6.45, 7) is 4.34. The van der Waals surface area contributed by atoms with Crippen LogP contribution in [0.15, 0.2) is 47.6 Å². The molecule has 0 radical (unpaired) electrons. The van der Waals surface area contributed by atoms with Crippen LogP contribution in [0.4, 0.5) is 4.39 Å². The number of imidazole rings is 1. The van der Waals surface area contributed by atoms with Crippen molar-refractivity contribution in [3.05, 3.63) is 64.7 Å². The van der Waals surface area contributed by atoms with Crippen molar-refractivity contribution in [1.82, 2.24) is 14.7 Å². The first-order valence-electron chi connectivity index (χ1n) is 12.3. The Hall–Kier alpha value is -2.99. The number of carbonyl (C=O) groups is 1. The predicted molar refractivity (Wildman–Crippen MR) is 142 cm³/mol. The van der Waals surface area contributed by atoms with E-state index in [1.54, 1.807) is 42.1 Å². The molecule has 3 aromatic rings. The molecule has 1 aliphatic rings. The van der Waals surface area contributed by atoms with Gasteiger partial charge in [0.1, 0.15) is 22.3 Å². The molecule has 4 rings (SSSR count). The Labute approximate surface area is 211 Å². The lowest BCUT2D eigenvalue weighted by Gasteiger charge is -2.26. The molecule has 1 amide bonds. The van der Waals surface area contributed by atoms with Gasteiger partial charge in [0.25, 0.3) is 5.91 Å². The lowest BCUT2D eigenvalue weighted by molar-refractivity contribution is 0.0923. The summed E-state index contributed by atoms with van der Waals surface area (Å²) in [7, 11) is 1.69. The third-order valence-corrected chi connectivity index (χ3v) is 7.02. The van der Waals surface area contributed by atoms with Gasteiger partial charge in [0.05, 0.1) is 0 Å². The summed E-state index contributed by atoms with van der Waals surface area (Å²) in [6, 6.07) is 8.57. The highest BCUT2D eigenvalue weighted by atomic mass is 35.5. The largest absolute Gasteiger partial charge is 0.349 e. The minimum absolute atomic E-state index is 0.122. The van der Waals surface area contributed by atoms with E-state index in [1.807, 2.05) is 12.1 Å². The smallest absolute Gasteiger partial charge is 0.251 e. The van der Waals surface area contributed by atoms with Gasteiger partial charge in [-0.15, -0.1) is 0 Å². The Bertz CT molecular complexity index is 1270. The van der Waals surface area contributed by atoms with E-state index in [0.29, 0.717) is 39.1 Å². The normalized spacial score (nSPS) is 18.9. The third kappa shape index (κ3) is 5.48. The first kappa shape index (κ1) is 25.1. The molecule has 184 valence electrons. The monoisotopic (exact) mass is 494 g/mol. The number of hydrogen-bond acceptors (Lipinski definition) is 3. The first-order chi connectivity index (χ1) is 16.9. The maximum absolute atomic E-state index is 15.2. The van der Waals surface area contributed by atoms with Gasteiger partial charge in [0.2, 0.25) is 0 Å². The van der Waals surface area contributed by atoms with Crippen molar-refractivity contribution >= 4 is 34.9 Å². The van der Waals surface area contributed by atoms with E-state index in [2.05, 4.69) is 29.1 Å². The summed E-state index contributed by atoms with van der Waals surface area (Å²) in [4.78, 5) is 21.7. The highest BCUT2D eigenvalue weighted by molar-refractivity contribution is 6.32. The fourth-order valence-electron chi connectivity index (χ4n) is 4.66. The van der Waals surface area contributed by atoms with Crippen molar-refractivity contribution in [3.63, 3.8) is 0 Å². The number of benzene rings is 1. The topological polar surface area (TPSA) is 58.8 Å². The molecule has 1 aromatic carbocycles. The highest BCUT2D eigenvalue weighted by Gasteiger charge is 2.23. The van der Waals surface area contributed by atoms with Crippen LogP contribution in [0.3, 0.4) is 0 Å². The molecule has 0 bridgehead atoms. The van der Waals surface area contributed by atoms with Gasteiger partial charge in [-0.3, -0.25) is 14.2 Å². The molecule has 0 spiro atoms. The molecule has 0 unspecified atom stereocenters. The quantitative estimate of drug-likeness (QED) is 0.360. The van der Waals surface area contributed by atoms with Gasteiger partial charge in [0.15, 0.2) is 0 Å². The van der Waals surface area contributed by atoms with Gasteiger partial charge in [-0.25, -0.2) is 9.37 Å². The Morgan fingerprint density at radius 2 is 2.06 bits per heavy atom. The van der Waals surface area contributed by atoms with E-state index in [0.717, 1.165) is 44.1 Å². The Balaban J connectivity index is 1.71. The number of allylic oxidation sites excluding steroid dienone is 2. The molecule has 1 N–H and O–H groups in total. The molecular weight excluding hydrogens is 463 g/mol. The van der Waals surface area contributed by atoms with Gasteiger partial charge in [-0.1, -0.05) is 50.1 Å². The number of fused-ring (bicyclic) bond motifs is 1. The zero-order chi connectivity index (χ0) is 24.9. The molecule has 1 saturated carbocycles. The number of nitrogens with zero attached hydrogens (tertiary/aromatic N) is 3. The minimum atomic E-state index is -0.413. The number of pyridine rings is 1. The second-order valence-corrected chi connectivity index (χ2v) is 9.68. The Morgan fingerprint density at radius 3 is 2.77 bits per heavy atom. The molecule has 7 heteroatoms. The van der Waals surface area contributed by atoms with Gasteiger partial charge in [-0.05, 0) is 67.4 Å². The summed E-state index contributed by atoms with van der Waals surface area (Å²) in [5, 5.41) is 3.44. The lowest BCUT2D eigenvalue weighted by atomic mass is 9.87. The molecule has 2 aromatic heterocycles. The van der Waals surface area contributed by atoms with E-state index in [1.165, 1.54) is 6.07 Å². The van der Waals surface area contributed by atoms with Gasteiger partial charge in [0, 0.05) is 36.6 Å². The van der Waals surface area contributed by atoms with Crippen molar-refractivity contribution in [2.45, 2.75) is 58.4 Å². The van der Waals surface area contributed by atoms with Crippen LogP contribution < -0.4 is 5.32 Å². The molecule has 0 aliphatic heterocycles. The SMILES string of the molecule is CCC/C=C(\C=NC)c1cccc(F)c1-c1nc2cc(C(=O)NC3CCC(C)CC3)ccn2c1Cl. The number of amides is 1. The van der Waals surface area contributed by atoms with Crippen LogP contribution >= 0.6 is 11.6 Å². The summed E-state index contributed by atoms with van der Waals surface area (Å²) in [5.74, 6) is 0.182. The molecular formula is C28H32ClFN4O. The van der Waals surface area contributed by atoms with E-state index in [4.69, 9.17) is 11.6 Å². The van der Waals surface area contributed by atoms with Crippen LogP contribution in [-0.2, 0) is 0 Å². The second-order valence-electron chi connectivity index (χ2n) is 9.32. The number of rotatable bonds is 7. The van der Waals surface area contributed by atoms with E-state index < -0.39 is 5.82 Å². The number of hydrogen-bond donors (Lipinski definition) is 1. The zero-order valence-electron chi connectivity index (χ0n) is 20.5. The van der Waals surface area contributed by atoms with Crippen molar-refractivity contribution < 1.29 is 9.18 Å². The summed E-state index contributed by atoms with van der Waals surface area (Å²) in [5.41, 5.74) is 3.17. The number of aromatic nitrogens is 2. The maximum Gasteiger partial charge on any atom is 0.251 e. The maximum atomic E-state index is 15.2. The number of unbranched alkanes of at least 4 members (excludes halogenated alkanes) is 1. The fourth-order valence-corrected chi connectivity index (χ4v) is 4.94. The van der Waals surface area contributed by atoms with Crippen LogP contribution in [0.25, 0.3) is 22.5 Å². The number of carbonyl (C=O) groups excluding carboxylic acids is 1.